The summed E-state index contributed by atoms with van der Waals surface area (Å²) in [4.78, 5) is 42.3. The van der Waals surface area contributed by atoms with Crippen LogP contribution in [0.1, 0.15) is 5.56 Å². The molecule has 0 aliphatic heterocycles. The second-order valence-corrected chi connectivity index (χ2v) is 10.6. The van der Waals surface area contributed by atoms with E-state index in [0.29, 0.717) is 32.9 Å². The standard InChI is InChI=1S/C32H21Cl2N5O7/c1-44-26-7-4-8-27-23(26)15-28(46-27)31-37-24-6-3-2-5-22(24)32(41)38(31)35-16-18-13-20(34)14-25(39(42)43)30(18)45-17-29(40)36-21-11-9-19(33)10-12-21/h2-16H,17H2,1H3,(H,36,40). The molecule has 0 saturated carbocycles. The number of para-hydroxylation sites is 1. The van der Waals surface area contributed by atoms with Crippen molar-refractivity contribution in [3.63, 3.8) is 0 Å². The minimum atomic E-state index is -0.702. The summed E-state index contributed by atoms with van der Waals surface area (Å²) in [6, 6.07) is 22.5. The van der Waals surface area contributed by atoms with Crippen LogP contribution in [0.4, 0.5) is 11.4 Å². The van der Waals surface area contributed by atoms with E-state index in [1.165, 1.54) is 13.2 Å². The quantitative estimate of drug-likeness (QED) is 0.0998. The molecule has 0 atom stereocenters. The highest BCUT2D eigenvalue weighted by Gasteiger charge is 2.23. The second-order valence-electron chi connectivity index (χ2n) is 9.74. The molecule has 14 heteroatoms. The zero-order valence-corrected chi connectivity index (χ0v) is 25.3. The van der Waals surface area contributed by atoms with Crippen molar-refractivity contribution in [2.45, 2.75) is 0 Å². The molecule has 230 valence electrons. The Hall–Kier alpha value is -5.72. The van der Waals surface area contributed by atoms with E-state index in [1.807, 2.05) is 0 Å². The molecular formula is C32H21Cl2N5O7. The number of carbonyl (C=O) groups is 1. The highest BCUT2D eigenvalue weighted by Crippen LogP contribution is 2.35. The first-order valence-corrected chi connectivity index (χ1v) is 14.3. The van der Waals surface area contributed by atoms with E-state index in [1.54, 1.807) is 72.8 Å². The SMILES string of the molecule is COc1cccc2oc(-c3nc4ccccc4c(=O)n3N=Cc3cc(Cl)cc([N+](=O)[O-])c3OCC(=O)Nc3ccc(Cl)cc3)cc12. The molecule has 12 nitrogen and oxygen atoms in total. The highest BCUT2D eigenvalue weighted by molar-refractivity contribution is 6.31. The zero-order valence-electron chi connectivity index (χ0n) is 23.8. The molecule has 6 rings (SSSR count). The molecule has 0 radical (unpaired) electrons. The maximum Gasteiger partial charge on any atom is 0.313 e. The van der Waals surface area contributed by atoms with Crippen LogP contribution in [0.25, 0.3) is 33.5 Å². The van der Waals surface area contributed by atoms with Gasteiger partial charge in [-0.05, 0) is 60.7 Å². The third-order valence-electron chi connectivity index (χ3n) is 6.76. The van der Waals surface area contributed by atoms with E-state index >= 15 is 0 Å². The number of methoxy groups -OCH3 is 1. The van der Waals surface area contributed by atoms with Gasteiger partial charge in [0.15, 0.2) is 12.4 Å². The van der Waals surface area contributed by atoms with Crippen LogP contribution in [0.15, 0.2) is 99.2 Å². The van der Waals surface area contributed by atoms with Gasteiger partial charge in [-0.3, -0.25) is 19.7 Å². The number of nitro groups is 1. The number of nitrogens with zero attached hydrogens (tertiary/aromatic N) is 4. The third-order valence-corrected chi connectivity index (χ3v) is 7.23. The fraction of sp³-hybridized carbons (Fsp3) is 0.0625. The molecule has 0 aliphatic rings. The summed E-state index contributed by atoms with van der Waals surface area (Å²) in [5, 5.41) is 20.4. The number of carbonyl (C=O) groups excluding carboxylic acids is 1. The van der Waals surface area contributed by atoms with Crippen LogP contribution in [0.5, 0.6) is 11.5 Å². The molecule has 4 aromatic carbocycles. The molecule has 0 fully saturated rings. The maximum absolute atomic E-state index is 13.7. The maximum atomic E-state index is 13.7. The number of ether oxygens (including phenoxy) is 2. The Labute approximate surface area is 269 Å². The van der Waals surface area contributed by atoms with Gasteiger partial charge in [-0.25, -0.2) is 4.98 Å². The first kappa shape index (κ1) is 30.3. The van der Waals surface area contributed by atoms with Gasteiger partial charge >= 0.3 is 5.69 Å². The van der Waals surface area contributed by atoms with Crippen LogP contribution in [-0.4, -0.2) is 40.4 Å². The number of aromatic nitrogens is 2. The van der Waals surface area contributed by atoms with Crippen LogP contribution in [-0.2, 0) is 4.79 Å². The lowest BCUT2D eigenvalue weighted by molar-refractivity contribution is -0.385. The summed E-state index contributed by atoms with van der Waals surface area (Å²) in [7, 11) is 1.53. The topological polar surface area (TPSA) is 151 Å². The molecule has 2 heterocycles. The van der Waals surface area contributed by atoms with Gasteiger partial charge in [0.05, 0.1) is 34.5 Å². The first-order chi connectivity index (χ1) is 22.2. The van der Waals surface area contributed by atoms with E-state index in [4.69, 9.17) is 37.1 Å². The third kappa shape index (κ3) is 6.11. The average Bonchev–Trinajstić information content (AvgIpc) is 3.49. The number of nitro benzene ring substituents is 1. The van der Waals surface area contributed by atoms with E-state index < -0.39 is 28.7 Å². The van der Waals surface area contributed by atoms with Crippen molar-refractivity contribution in [2.75, 3.05) is 19.0 Å². The van der Waals surface area contributed by atoms with Gasteiger partial charge in [-0.2, -0.15) is 9.78 Å². The number of hydrogen-bond acceptors (Lipinski definition) is 9. The van der Waals surface area contributed by atoms with Crippen molar-refractivity contribution in [1.82, 2.24) is 9.66 Å². The summed E-state index contributed by atoms with van der Waals surface area (Å²) in [5.41, 5.74) is 0.313. The Morgan fingerprint density at radius 1 is 1.04 bits per heavy atom. The largest absolute Gasteiger partial charge is 0.496 e. The minimum Gasteiger partial charge on any atom is -0.496 e. The van der Waals surface area contributed by atoms with Crippen LogP contribution < -0.4 is 20.3 Å². The molecule has 46 heavy (non-hydrogen) atoms. The highest BCUT2D eigenvalue weighted by atomic mass is 35.5. The Kier molecular flexibility index (Phi) is 8.38. The Morgan fingerprint density at radius 2 is 1.83 bits per heavy atom. The number of benzene rings is 4. The predicted molar refractivity (Wildman–Crippen MR) is 174 cm³/mol. The van der Waals surface area contributed by atoms with E-state index in [0.717, 1.165) is 17.0 Å². The molecule has 0 aliphatic carbocycles. The average molecular weight is 658 g/mol. The number of amides is 1. The smallest absolute Gasteiger partial charge is 0.313 e. The number of nitrogens with one attached hydrogen (secondary N) is 1. The van der Waals surface area contributed by atoms with Gasteiger partial charge in [0, 0.05) is 27.4 Å². The fourth-order valence-electron chi connectivity index (χ4n) is 4.69. The van der Waals surface area contributed by atoms with Crippen molar-refractivity contribution in [3.05, 3.63) is 121 Å². The van der Waals surface area contributed by atoms with Crippen LogP contribution >= 0.6 is 23.2 Å². The monoisotopic (exact) mass is 657 g/mol. The number of rotatable bonds is 9. The molecule has 6 aromatic rings. The van der Waals surface area contributed by atoms with Gasteiger partial charge in [0.1, 0.15) is 11.3 Å². The zero-order chi connectivity index (χ0) is 32.4. The number of halogens is 2. The predicted octanol–water partition coefficient (Wildman–Crippen LogP) is 6.93. The summed E-state index contributed by atoms with van der Waals surface area (Å²) in [6.07, 6.45) is 1.16. The lowest BCUT2D eigenvalue weighted by Gasteiger charge is -2.11. The molecule has 2 aromatic heterocycles. The lowest BCUT2D eigenvalue weighted by atomic mass is 10.2. The lowest BCUT2D eigenvalue weighted by Crippen LogP contribution is -2.21. The molecule has 1 amide bonds. The number of hydrogen-bond donors (Lipinski definition) is 1. The van der Waals surface area contributed by atoms with Crippen molar-refractivity contribution in [1.29, 1.82) is 0 Å². The molecule has 0 bridgehead atoms. The first-order valence-electron chi connectivity index (χ1n) is 13.5. The Morgan fingerprint density at radius 3 is 2.59 bits per heavy atom. The summed E-state index contributed by atoms with van der Waals surface area (Å²) < 4.78 is 18.1. The van der Waals surface area contributed by atoms with Gasteiger partial charge in [0.2, 0.25) is 11.6 Å². The summed E-state index contributed by atoms with van der Waals surface area (Å²) in [6.45, 7) is -0.588. The number of anilines is 1. The Bertz CT molecular complexity index is 2230. The van der Waals surface area contributed by atoms with Gasteiger partial charge in [-0.1, -0.05) is 41.4 Å². The summed E-state index contributed by atoms with van der Waals surface area (Å²) >= 11 is 12.1. The van der Waals surface area contributed by atoms with Gasteiger partial charge < -0.3 is 19.2 Å². The molecular weight excluding hydrogens is 637 g/mol. The number of furan rings is 1. The van der Waals surface area contributed by atoms with Crippen LogP contribution in [0, 0.1) is 10.1 Å². The van der Waals surface area contributed by atoms with Crippen LogP contribution in [0.3, 0.4) is 0 Å². The normalized spacial score (nSPS) is 11.3. The second kappa shape index (κ2) is 12.7. The van der Waals surface area contributed by atoms with E-state index in [2.05, 4.69) is 15.4 Å². The fourth-order valence-corrected chi connectivity index (χ4v) is 5.04. The van der Waals surface area contributed by atoms with E-state index in [9.17, 15) is 19.7 Å². The summed E-state index contributed by atoms with van der Waals surface area (Å²) in [5.74, 6) is -0.0569. The van der Waals surface area contributed by atoms with E-state index in [-0.39, 0.29) is 33.3 Å². The molecule has 0 saturated heterocycles. The Balaban J connectivity index is 1.42. The van der Waals surface area contributed by atoms with Crippen molar-refractivity contribution < 1.29 is 23.6 Å². The van der Waals surface area contributed by atoms with Gasteiger partial charge in [0.25, 0.3) is 11.5 Å². The minimum absolute atomic E-state index is 0.000276. The van der Waals surface area contributed by atoms with Crippen molar-refractivity contribution >= 4 is 68.6 Å². The van der Waals surface area contributed by atoms with Gasteiger partial charge in [-0.15, -0.1) is 0 Å². The van der Waals surface area contributed by atoms with Crippen molar-refractivity contribution in [3.8, 4) is 23.1 Å². The number of fused-ring (bicyclic) bond motifs is 2. The molecule has 0 unspecified atom stereocenters. The molecule has 1 N–H and O–H groups in total. The van der Waals surface area contributed by atoms with Crippen molar-refractivity contribution in [2.24, 2.45) is 5.10 Å². The van der Waals surface area contributed by atoms with Crippen LogP contribution in [0.2, 0.25) is 10.0 Å². The molecule has 0 spiro atoms.